The Balaban J connectivity index is 2.09. The van der Waals surface area contributed by atoms with Gasteiger partial charge in [-0.1, -0.05) is 29.8 Å². The van der Waals surface area contributed by atoms with Crippen molar-refractivity contribution in [3.8, 4) is 0 Å². The molecule has 116 valence electrons. The molecule has 4 heteroatoms. The predicted octanol–water partition coefficient (Wildman–Crippen LogP) is 4.64. The van der Waals surface area contributed by atoms with Gasteiger partial charge >= 0.3 is 0 Å². The molecule has 0 saturated carbocycles. The summed E-state index contributed by atoms with van der Waals surface area (Å²) in [5.74, 6) is 0.933. The van der Waals surface area contributed by atoms with Gasteiger partial charge in [0.2, 0.25) is 0 Å². The molecule has 0 aliphatic rings. The van der Waals surface area contributed by atoms with Gasteiger partial charge in [-0.2, -0.15) is 0 Å². The van der Waals surface area contributed by atoms with Crippen molar-refractivity contribution in [1.82, 2.24) is 5.32 Å². The fraction of sp³-hybridized carbons (Fsp3) is 0.529. The topological polar surface area (TPSA) is 45.4 Å². The second-order valence-corrected chi connectivity index (χ2v) is 6.71. The number of fused-ring (bicyclic) bond motifs is 1. The first kappa shape index (κ1) is 16.5. The summed E-state index contributed by atoms with van der Waals surface area (Å²) in [5.41, 5.74) is 0.866. The molecule has 0 fully saturated rings. The van der Waals surface area contributed by atoms with Crippen molar-refractivity contribution in [2.24, 2.45) is 5.41 Å². The third kappa shape index (κ3) is 3.68. The van der Waals surface area contributed by atoms with E-state index in [4.69, 9.17) is 4.42 Å². The molecule has 0 amide bonds. The molecular weight excluding hydrogens is 330 g/mol. The van der Waals surface area contributed by atoms with E-state index in [-0.39, 0.29) is 18.1 Å². The first-order chi connectivity index (χ1) is 10.0. The number of benzene rings is 1. The van der Waals surface area contributed by atoms with Crippen LogP contribution in [0.5, 0.6) is 0 Å². The van der Waals surface area contributed by atoms with Crippen molar-refractivity contribution in [3.63, 3.8) is 0 Å². The van der Waals surface area contributed by atoms with E-state index in [1.165, 1.54) is 0 Å². The molecule has 1 unspecified atom stereocenters. The molecule has 0 aliphatic heterocycles. The van der Waals surface area contributed by atoms with E-state index in [9.17, 15) is 5.11 Å². The summed E-state index contributed by atoms with van der Waals surface area (Å²) >= 11 is 3.48. The van der Waals surface area contributed by atoms with E-state index in [0.29, 0.717) is 0 Å². The summed E-state index contributed by atoms with van der Waals surface area (Å²) in [6.07, 6.45) is 1.93. The summed E-state index contributed by atoms with van der Waals surface area (Å²) in [5, 5.41) is 14.2. The van der Waals surface area contributed by atoms with Crippen molar-refractivity contribution in [1.29, 1.82) is 0 Å². The van der Waals surface area contributed by atoms with Crippen molar-refractivity contribution in [2.45, 2.75) is 39.7 Å². The number of hydrogen-bond acceptors (Lipinski definition) is 3. The molecule has 1 aromatic heterocycles. The third-order valence-corrected chi connectivity index (χ3v) is 5.04. The highest BCUT2D eigenvalue weighted by molar-refractivity contribution is 9.10. The number of halogens is 1. The minimum Gasteiger partial charge on any atom is -0.459 e. The van der Waals surface area contributed by atoms with E-state index in [1.54, 1.807) is 0 Å². The van der Waals surface area contributed by atoms with E-state index in [0.717, 1.165) is 40.6 Å². The normalized spacial score (nSPS) is 13.8. The number of aliphatic hydroxyl groups is 1. The molecule has 0 saturated heterocycles. The zero-order valence-electron chi connectivity index (χ0n) is 12.9. The smallest absolute Gasteiger partial charge is 0.134 e. The van der Waals surface area contributed by atoms with Gasteiger partial charge < -0.3 is 14.8 Å². The van der Waals surface area contributed by atoms with Gasteiger partial charge in [0.1, 0.15) is 11.3 Å². The van der Waals surface area contributed by atoms with Crippen LogP contribution in [0.4, 0.5) is 0 Å². The van der Waals surface area contributed by atoms with Crippen LogP contribution in [-0.2, 0) is 0 Å². The lowest BCUT2D eigenvalue weighted by atomic mass is 9.83. The summed E-state index contributed by atoms with van der Waals surface area (Å²) in [7, 11) is 0. The molecule has 0 radical (unpaired) electrons. The molecule has 2 aromatic rings. The Labute approximate surface area is 134 Å². The highest BCUT2D eigenvalue weighted by atomic mass is 79.9. The van der Waals surface area contributed by atoms with Crippen molar-refractivity contribution >= 4 is 26.9 Å². The SMILES string of the molecule is CCC(CC)(CO)CNC(C)c1cc2cc(Br)ccc2o1. The fourth-order valence-electron chi connectivity index (χ4n) is 2.50. The van der Waals surface area contributed by atoms with Crippen LogP contribution >= 0.6 is 15.9 Å². The molecule has 0 aliphatic carbocycles. The van der Waals surface area contributed by atoms with E-state index < -0.39 is 0 Å². The van der Waals surface area contributed by atoms with Crippen LogP contribution in [-0.4, -0.2) is 18.3 Å². The average Bonchev–Trinajstić information content (AvgIpc) is 2.92. The Morgan fingerprint density at radius 1 is 1.29 bits per heavy atom. The van der Waals surface area contributed by atoms with Gasteiger partial charge in [-0.15, -0.1) is 0 Å². The summed E-state index contributed by atoms with van der Waals surface area (Å²) < 4.78 is 6.96. The highest BCUT2D eigenvalue weighted by Gasteiger charge is 2.26. The first-order valence-corrected chi connectivity index (χ1v) is 8.36. The lowest BCUT2D eigenvalue weighted by Crippen LogP contribution is -2.37. The molecule has 1 heterocycles. The lowest BCUT2D eigenvalue weighted by Gasteiger charge is -2.30. The third-order valence-electron chi connectivity index (χ3n) is 4.54. The van der Waals surface area contributed by atoms with Crippen LogP contribution in [0.1, 0.15) is 45.4 Å². The molecule has 3 nitrogen and oxygen atoms in total. The molecule has 1 atom stereocenters. The molecule has 2 rings (SSSR count). The van der Waals surface area contributed by atoms with Crippen LogP contribution in [0.2, 0.25) is 0 Å². The minimum atomic E-state index is -0.0384. The van der Waals surface area contributed by atoms with E-state index in [2.05, 4.69) is 54.2 Å². The Kier molecular flexibility index (Phi) is 5.47. The number of nitrogens with one attached hydrogen (secondary N) is 1. The van der Waals surface area contributed by atoms with Gasteiger partial charge in [0.05, 0.1) is 6.04 Å². The largest absolute Gasteiger partial charge is 0.459 e. The maximum atomic E-state index is 9.64. The highest BCUT2D eigenvalue weighted by Crippen LogP contribution is 2.29. The van der Waals surface area contributed by atoms with Gasteiger partial charge in [0.25, 0.3) is 0 Å². The van der Waals surface area contributed by atoms with E-state index >= 15 is 0 Å². The first-order valence-electron chi connectivity index (χ1n) is 7.57. The van der Waals surface area contributed by atoms with Crippen LogP contribution in [0.3, 0.4) is 0 Å². The zero-order chi connectivity index (χ0) is 15.5. The Bertz CT molecular complexity index is 581. The maximum absolute atomic E-state index is 9.64. The van der Waals surface area contributed by atoms with Gasteiger partial charge in [0, 0.05) is 28.4 Å². The molecular formula is C17H24BrNO2. The fourth-order valence-corrected chi connectivity index (χ4v) is 2.88. The summed E-state index contributed by atoms with van der Waals surface area (Å²) in [4.78, 5) is 0. The van der Waals surface area contributed by atoms with Gasteiger partial charge in [-0.05, 0) is 44.0 Å². The van der Waals surface area contributed by atoms with Crippen LogP contribution in [0.15, 0.2) is 33.2 Å². The molecule has 0 spiro atoms. The van der Waals surface area contributed by atoms with E-state index in [1.807, 2.05) is 12.1 Å². The Morgan fingerprint density at radius 3 is 2.62 bits per heavy atom. The predicted molar refractivity (Wildman–Crippen MR) is 90.4 cm³/mol. The summed E-state index contributed by atoms with van der Waals surface area (Å²) in [6.45, 7) is 7.36. The second-order valence-electron chi connectivity index (χ2n) is 5.80. The Morgan fingerprint density at radius 2 is 2.00 bits per heavy atom. The molecule has 0 bridgehead atoms. The van der Waals surface area contributed by atoms with Crippen molar-refractivity contribution in [3.05, 3.63) is 34.5 Å². The van der Waals surface area contributed by atoms with Crippen LogP contribution < -0.4 is 5.32 Å². The number of hydrogen-bond donors (Lipinski definition) is 2. The standard InChI is InChI=1S/C17H24BrNO2/c1-4-17(5-2,11-20)10-19-12(3)16-9-13-8-14(18)6-7-15(13)21-16/h6-9,12,19-20H,4-5,10-11H2,1-3H3. The van der Waals surface area contributed by atoms with Crippen LogP contribution in [0, 0.1) is 5.41 Å². The molecule has 1 aromatic carbocycles. The van der Waals surface area contributed by atoms with Crippen molar-refractivity contribution in [2.75, 3.05) is 13.2 Å². The average molecular weight is 354 g/mol. The number of aliphatic hydroxyl groups excluding tert-OH is 1. The minimum absolute atomic E-state index is 0.0384. The molecule has 21 heavy (non-hydrogen) atoms. The Hall–Kier alpha value is -0.840. The van der Waals surface area contributed by atoms with Gasteiger partial charge in [-0.3, -0.25) is 0 Å². The number of rotatable bonds is 7. The second kappa shape index (κ2) is 6.95. The zero-order valence-corrected chi connectivity index (χ0v) is 14.5. The number of furan rings is 1. The van der Waals surface area contributed by atoms with Gasteiger partial charge in [-0.25, -0.2) is 0 Å². The van der Waals surface area contributed by atoms with Crippen molar-refractivity contribution < 1.29 is 9.52 Å². The van der Waals surface area contributed by atoms with Crippen LogP contribution in [0.25, 0.3) is 11.0 Å². The quantitative estimate of drug-likeness (QED) is 0.761. The lowest BCUT2D eigenvalue weighted by molar-refractivity contribution is 0.109. The molecule has 2 N–H and O–H groups in total. The summed E-state index contributed by atoms with van der Waals surface area (Å²) in [6, 6.07) is 8.23. The van der Waals surface area contributed by atoms with Gasteiger partial charge in [0.15, 0.2) is 0 Å². The maximum Gasteiger partial charge on any atom is 0.134 e. The monoisotopic (exact) mass is 353 g/mol.